The zero-order chi connectivity index (χ0) is 14.9. The fourth-order valence-electron chi connectivity index (χ4n) is 1.62. The zero-order valence-corrected chi connectivity index (χ0v) is 12.8. The van der Waals surface area contributed by atoms with Gasteiger partial charge >= 0.3 is 5.97 Å². The minimum atomic E-state index is -3.74. The number of nitrogens with one attached hydrogen (secondary N) is 1. The number of carboxylic acid groups (broad SMARTS) is 1. The van der Waals surface area contributed by atoms with Gasteiger partial charge in [0, 0.05) is 23.9 Å². The van der Waals surface area contributed by atoms with E-state index in [1.54, 1.807) is 17.8 Å². The SMILES string of the molecule is Cn1ccc(S(=O)(=O)Nc2cc(Br)cc(C(=O)O)c2)c1. The van der Waals surface area contributed by atoms with Crippen LogP contribution in [0.3, 0.4) is 0 Å². The lowest BCUT2D eigenvalue weighted by atomic mass is 10.2. The van der Waals surface area contributed by atoms with Crippen molar-refractivity contribution in [1.29, 1.82) is 0 Å². The van der Waals surface area contributed by atoms with Crippen molar-refractivity contribution >= 4 is 37.6 Å². The molecule has 1 aromatic heterocycles. The van der Waals surface area contributed by atoms with Gasteiger partial charge in [-0.15, -0.1) is 0 Å². The van der Waals surface area contributed by atoms with E-state index in [-0.39, 0.29) is 16.1 Å². The molecule has 0 radical (unpaired) electrons. The average molecular weight is 359 g/mol. The highest BCUT2D eigenvalue weighted by Crippen LogP contribution is 2.22. The molecule has 6 nitrogen and oxygen atoms in total. The number of aryl methyl sites for hydroxylation is 1. The molecule has 2 aromatic rings. The van der Waals surface area contributed by atoms with Crippen LogP contribution in [0.5, 0.6) is 0 Å². The second-order valence-corrected chi connectivity index (χ2v) is 6.75. The van der Waals surface area contributed by atoms with Gasteiger partial charge in [-0.1, -0.05) is 15.9 Å². The fourth-order valence-corrected chi connectivity index (χ4v) is 3.21. The smallest absolute Gasteiger partial charge is 0.335 e. The number of benzene rings is 1. The van der Waals surface area contributed by atoms with Crippen LogP contribution in [0.25, 0.3) is 0 Å². The third kappa shape index (κ3) is 3.20. The lowest BCUT2D eigenvalue weighted by molar-refractivity contribution is 0.0697. The molecule has 8 heteroatoms. The van der Waals surface area contributed by atoms with E-state index in [4.69, 9.17) is 5.11 Å². The summed E-state index contributed by atoms with van der Waals surface area (Å²) in [7, 11) is -2.03. The molecule has 0 aliphatic rings. The van der Waals surface area contributed by atoms with E-state index in [0.29, 0.717) is 4.47 Å². The molecule has 0 aliphatic carbocycles. The van der Waals surface area contributed by atoms with Gasteiger partial charge in [0.15, 0.2) is 0 Å². The highest BCUT2D eigenvalue weighted by atomic mass is 79.9. The van der Waals surface area contributed by atoms with Gasteiger partial charge in [-0.05, 0) is 24.3 Å². The van der Waals surface area contributed by atoms with E-state index in [2.05, 4.69) is 20.7 Å². The highest BCUT2D eigenvalue weighted by Gasteiger charge is 2.16. The monoisotopic (exact) mass is 358 g/mol. The van der Waals surface area contributed by atoms with Crippen molar-refractivity contribution in [3.8, 4) is 0 Å². The van der Waals surface area contributed by atoms with Gasteiger partial charge < -0.3 is 9.67 Å². The molecule has 0 saturated heterocycles. The van der Waals surface area contributed by atoms with Crippen LogP contribution in [0.1, 0.15) is 10.4 Å². The molecule has 1 aromatic carbocycles. The summed E-state index contributed by atoms with van der Waals surface area (Å²) in [5.74, 6) is -1.13. The summed E-state index contributed by atoms with van der Waals surface area (Å²) in [6, 6.07) is 5.60. The number of aromatic carboxylic acids is 1. The molecule has 0 aliphatic heterocycles. The second kappa shape index (κ2) is 5.29. The lowest BCUT2D eigenvalue weighted by Crippen LogP contribution is -2.13. The molecule has 0 atom stereocenters. The van der Waals surface area contributed by atoms with Crippen molar-refractivity contribution in [2.75, 3.05) is 4.72 Å². The maximum Gasteiger partial charge on any atom is 0.335 e. The normalized spacial score (nSPS) is 11.3. The first-order valence-electron chi connectivity index (χ1n) is 5.46. The van der Waals surface area contributed by atoms with E-state index < -0.39 is 16.0 Å². The number of hydrogen-bond acceptors (Lipinski definition) is 3. The lowest BCUT2D eigenvalue weighted by Gasteiger charge is -2.08. The van der Waals surface area contributed by atoms with Crippen LogP contribution in [0.4, 0.5) is 5.69 Å². The van der Waals surface area contributed by atoms with Crippen LogP contribution in [-0.4, -0.2) is 24.1 Å². The molecule has 2 rings (SSSR count). The van der Waals surface area contributed by atoms with Crippen LogP contribution >= 0.6 is 15.9 Å². The van der Waals surface area contributed by atoms with Gasteiger partial charge in [-0.3, -0.25) is 4.72 Å². The van der Waals surface area contributed by atoms with Crippen LogP contribution in [0.15, 0.2) is 46.0 Å². The Morgan fingerprint density at radius 3 is 2.60 bits per heavy atom. The largest absolute Gasteiger partial charge is 0.478 e. The van der Waals surface area contributed by atoms with Gasteiger partial charge in [0.2, 0.25) is 0 Å². The molecule has 2 N–H and O–H groups in total. The topological polar surface area (TPSA) is 88.4 Å². The summed E-state index contributed by atoms with van der Waals surface area (Å²) < 4.78 is 28.7. The second-order valence-electron chi connectivity index (χ2n) is 4.15. The number of halogens is 1. The molecule has 0 unspecified atom stereocenters. The molecule has 0 fully saturated rings. The van der Waals surface area contributed by atoms with E-state index in [9.17, 15) is 13.2 Å². The van der Waals surface area contributed by atoms with Crippen molar-refractivity contribution in [2.24, 2.45) is 7.05 Å². The Hall–Kier alpha value is -1.80. The Kier molecular flexibility index (Phi) is 3.87. The van der Waals surface area contributed by atoms with Gasteiger partial charge in [0.25, 0.3) is 10.0 Å². The summed E-state index contributed by atoms with van der Waals surface area (Å²) in [6.45, 7) is 0. The van der Waals surface area contributed by atoms with Crippen LogP contribution in [-0.2, 0) is 17.1 Å². The van der Waals surface area contributed by atoms with E-state index in [1.807, 2.05) is 0 Å². The van der Waals surface area contributed by atoms with Crippen molar-refractivity contribution < 1.29 is 18.3 Å². The maximum atomic E-state index is 12.1. The van der Waals surface area contributed by atoms with Crippen LogP contribution in [0, 0.1) is 0 Å². The standard InChI is InChI=1S/C12H11BrN2O4S/c1-15-3-2-11(7-15)20(18,19)14-10-5-8(12(16)17)4-9(13)6-10/h2-7,14H,1H3,(H,16,17). The zero-order valence-electron chi connectivity index (χ0n) is 10.4. The van der Waals surface area contributed by atoms with Gasteiger partial charge in [0.05, 0.1) is 11.3 Å². The predicted octanol–water partition coefficient (Wildman–Crippen LogP) is 2.29. The van der Waals surface area contributed by atoms with E-state index in [1.165, 1.54) is 30.5 Å². The average Bonchev–Trinajstić information content (AvgIpc) is 2.75. The van der Waals surface area contributed by atoms with Gasteiger partial charge in [0.1, 0.15) is 4.90 Å². The number of carboxylic acids is 1. The number of carbonyl (C=O) groups is 1. The Labute approximate surface area is 124 Å². The van der Waals surface area contributed by atoms with Gasteiger partial charge in [-0.2, -0.15) is 0 Å². The van der Waals surface area contributed by atoms with Crippen molar-refractivity contribution in [2.45, 2.75) is 4.90 Å². The number of sulfonamides is 1. The third-order valence-corrected chi connectivity index (χ3v) is 4.34. The fraction of sp³-hybridized carbons (Fsp3) is 0.0833. The van der Waals surface area contributed by atoms with Crippen molar-refractivity contribution in [3.63, 3.8) is 0 Å². The minimum absolute atomic E-state index is 0.00913. The van der Waals surface area contributed by atoms with Crippen molar-refractivity contribution in [3.05, 3.63) is 46.7 Å². The summed E-state index contributed by atoms with van der Waals surface area (Å²) in [5, 5.41) is 8.95. The Morgan fingerprint density at radius 1 is 1.35 bits per heavy atom. The quantitative estimate of drug-likeness (QED) is 0.877. The molecule has 20 heavy (non-hydrogen) atoms. The van der Waals surface area contributed by atoms with Crippen LogP contribution < -0.4 is 4.72 Å². The molecule has 0 saturated carbocycles. The van der Waals surface area contributed by atoms with Crippen molar-refractivity contribution in [1.82, 2.24) is 4.57 Å². The number of aromatic nitrogens is 1. The molecule has 0 spiro atoms. The van der Waals surface area contributed by atoms with E-state index >= 15 is 0 Å². The van der Waals surface area contributed by atoms with Crippen LogP contribution in [0.2, 0.25) is 0 Å². The maximum absolute atomic E-state index is 12.1. The molecule has 1 heterocycles. The molecule has 106 valence electrons. The number of hydrogen-bond donors (Lipinski definition) is 2. The molecular formula is C12H11BrN2O4S. The minimum Gasteiger partial charge on any atom is -0.478 e. The summed E-state index contributed by atoms with van der Waals surface area (Å²) in [6.07, 6.45) is 3.07. The predicted molar refractivity (Wildman–Crippen MR) is 77.3 cm³/mol. The summed E-state index contributed by atoms with van der Waals surface area (Å²) in [5.41, 5.74) is 0.172. The highest BCUT2D eigenvalue weighted by molar-refractivity contribution is 9.10. The summed E-state index contributed by atoms with van der Waals surface area (Å²) >= 11 is 3.15. The Balaban J connectivity index is 2.37. The number of anilines is 1. The Morgan fingerprint density at radius 2 is 2.05 bits per heavy atom. The summed E-state index contributed by atoms with van der Waals surface area (Å²) in [4.78, 5) is 11.1. The number of nitrogens with zero attached hydrogens (tertiary/aromatic N) is 1. The third-order valence-electron chi connectivity index (χ3n) is 2.51. The molecule has 0 bridgehead atoms. The molecular weight excluding hydrogens is 348 g/mol. The van der Waals surface area contributed by atoms with Gasteiger partial charge in [-0.25, -0.2) is 13.2 Å². The van der Waals surface area contributed by atoms with E-state index in [0.717, 1.165) is 0 Å². The Bertz CT molecular complexity index is 768. The first-order valence-corrected chi connectivity index (χ1v) is 7.74. The first kappa shape index (κ1) is 14.6. The number of rotatable bonds is 4. The molecule has 0 amide bonds. The first-order chi connectivity index (χ1) is 9.28.